The number of fused-ring (bicyclic) bond motifs is 1. The van der Waals surface area contributed by atoms with E-state index in [1.54, 1.807) is 30.3 Å². The Labute approximate surface area is 171 Å². The van der Waals surface area contributed by atoms with Crippen LogP contribution in [0.25, 0.3) is 0 Å². The predicted octanol–water partition coefficient (Wildman–Crippen LogP) is 2.38. The Hall–Kier alpha value is -2.87. The van der Waals surface area contributed by atoms with Crippen molar-refractivity contribution in [2.45, 2.75) is 32.6 Å². The largest absolute Gasteiger partial charge is 0.270 e. The first kappa shape index (κ1) is 20.9. The van der Waals surface area contributed by atoms with Crippen molar-refractivity contribution >= 4 is 27.5 Å². The van der Waals surface area contributed by atoms with Gasteiger partial charge in [0, 0.05) is 17.7 Å². The lowest BCUT2D eigenvalue weighted by Crippen LogP contribution is -2.41. The maximum Gasteiger partial charge on any atom is 0.269 e. The van der Waals surface area contributed by atoms with Crippen molar-refractivity contribution in [1.82, 2.24) is 10.9 Å². The molecule has 7 nitrogen and oxygen atoms in total. The van der Waals surface area contributed by atoms with Crippen molar-refractivity contribution in [3.8, 4) is 0 Å². The Kier molecular flexibility index (Phi) is 5.40. The molecular weight excluding hydrogens is 390 g/mol. The van der Waals surface area contributed by atoms with E-state index < -0.39 is 21.8 Å². The number of hydrogen-bond donors (Lipinski definition) is 2. The third kappa shape index (κ3) is 4.59. The van der Waals surface area contributed by atoms with E-state index in [1.807, 2.05) is 12.1 Å². The van der Waals surface area contributed by atoms with E-state index in [1.165, 1.54) is 4.31 Å². The van der Waals surface area contributed by atoms with Gasteiger partial charge < -0.3 is 0 Å². The highest BCUT2D eigenvalue weighted by molar-refractivity contribution is 7.92. The first-order chi connectivity index (χ1) is 13.5. The van der Waals surface area contributed by atoms with E-state index in [2.05, 4.69) is 31.6 Å². The Bertz CT molecular complexity index is 1050. The highest BCUT2D eigenvalue weighted by atomic mass is 32.2. The van der Waals surface area contributed by atoms with E-state index >= 15 is 0 Å². The van der Waals surface area contributed by atoms with Crippen molar-refractivity contribution in [3.05, 3.63) is 64.7 Å². The molecule has 0 saturated carbocycles. The van der Waals surface area contributed by atoms with Gasteiger partial charge in [0.1, 0.15) is 0 Å². The maximum absolute atomic E-state index is 12.4. The number of hydrazine groups is 1. The molecule has 0 radical (unpaired) electrons. The smallest absolute Gasteiger partial charge is 0.269 e. The molecule has 0 saturated heterocycles. The average Bonchev–Trinajstić information content (AvgIpc) is 3.08. The third-order valence-electron chi connectivity index (χ3n) is 4.90. The number of carbonyl (C=O) groups excluding carboxylic acids is 2. The van der Waals surface area contributed by atoms with Crippen LogP contribution in [0.15, 0.2) is 42.5 Å². The molecule has 0 spiro atoms. The number of nitrogens with one attached hydrogen (secondary N) is 2. The van der Waals surface area contributed by atoms with Crippen molar-refractivity contribution in [2.24, 2.45) is 0 Å². The Morgan fingerprint density at radius 2 is 1.48 bits per heavy atom. The zero-order valence-electron chi connectivity index (χ0n) is 16.9. The van der Waals surface area contributed by atoms with Crippen molar-refractivity contribution in [3.63, 3.8) is 0 Å². The fourth-order valence-corrected chi connectivity index (χ4v) is 4.20. The first-order valence-electron chi connectivity index (χ1n) is 9.29. The Morgan fingerprint density at radius 3 is 2.03 bits per heavy atom. The quantitative estimate of drug-likeness (QED) is 0.753. The molecule has 0 aliphatic carbocycles. The average molecular weight is 416 g/mol. The molecule has 0 unspecified atom stereocenters. The van der Waals surface area contributed by atoms with Gasteiger partial charge in [-0.15, -0.1) is 0 Å². The molecule has 1 heterocycles. The molecule has 154 valence electrons. The summed E-state index contributed by atoms with van der Waals surface area (Å²) < 4.78 is 24.9. The summed E-state index contributed by atoms with van der Waals surface area (Å²) in [7, 11) is -3.34. The highest BCUT2D eigenvalue weighted by Crippen LogP contribution is 2.30. The zero-order valence-corrected chi connectivity index (χ0v) is 17.8. The van der Waals surface area contributed by atoms with Crippen LogP contribution in [-0.2, 0) is 21.9 Å². The minimum absolute atomic E-state index is 0.0104. The van der Waals surface area contributed by atoms with Gasteiger partial charge in [-0.1, -0.05) is 32.9 Å². The maximum atomic E-state index is 12.4. The summed E-state index contributed by atoms with van der Waals surface area (Å²) >= 11 is 0. The molecular formula is C21H25N3O4S. The van der Waals surface area contributed by atoms with Gasteiger partial charge in [0.25, 0.3) is 11.8 Å². The number of nitrogens with zero attached hydrogens (tertiary/aromatic N) is 1. The second-order valence-electron chi connectivity index (χ2n) is 8.16. The summed E-state index contributed by atoms with van der Waals surface area (Å²) in [4.78, 5) is 24.7. The molecule has 1 aliphatic heterocycles. The molecule has 0 atom stereocenters. The number of anilines is 1. The number of benzene rings is 2. The van der Waals surface area contributed by atoms with Crippen molar-refractivity contribution in [1.29, 1.82) is 0 Å². The minimum Gasteiger partial charge on any atom is -0.270 e. The first-order valence-corrected chi connectivity index (χ1v) is 11.1. The normalized spacial score (nSPS) is 13.7. The standard InChI is InChI=1S/C21H25N3O4S/c1-21(2,3)17-8-5-14(6-9-17)19(25)22-23-20(26)16-7-10-18-15(13-16)11-12-24(18)29(4,27)28/h5-10,13H,11-12H2,1-4H3,(H,22,25)(H,23,26). The van der Waals surface area contributed by atoms with Crippen molar-refractivity contribution < 1.29 is 18.0 Å². The third-order valence-corrected chi connectivity index (χ3v) is 6.08. The Balaban J connectivity index is 1.65. The van der Waals surface area contributed by atoms with Crippen LogP contribution >= 0.6 is 0 Å². The van der Waals surface area contributed by atoms with Gasteiger partial charge >= 0.3 is 0 Å². The van der Waals surface area contributed by atoms with Crippen LogP contribution in [0.5, 0.6) is 0 Å². The van der Waals surface area contributed by atoms with Gasteiger partial charge in [0.15, 0.2) is 0 Å². The van der Waals surface area contributed by atoms with Gasteiger partial charge in [-0.25, -0.2) is 8.42 Å². The van der Waals surface area contributed by atoms with Gasteiger partial charge in [0.2, 0.25) is 10.0 Å². The fourth-order valence-electron chi connectivity index (χ4n) is 3.24. The van der Waals surface area contributed by atoms with E-state index in [4.69, 9.17) is 0 Å². The van der Waals surface area contributed by atoms with Gasteiger partial charge in [0.05, 0.1) is 11.9 Å². The number of hydrogen-bond acceptors (Lipinski definition) is 4. The molecule has 2 amide bonds. The number of sulfonamides is 1. The zero-order chi connectivity index (χ0) is 21.4. The molecule has 8 heteroatoms. The topological polar surface area (TPSA) is 95.6 Å². The lowest BCUT2D eigenvalue weighted by molar-refractivity contribution is 0.0846. The highest BCUT2D eigenvalue weighted by Gasteiger charge is 2.26. The predicted molar refractivity (Wildman–Crippen MR) is 112 cm³/mol. The lowest BCUT2D eigenvalue weighted by atomic mass is 9.87. The van der Waals surface area contributed by atoms with Crippen LogP contribution in [-0.4, -0.2) is 33.0 Å². The lowest BCUT2D eigenvalue weighted by Gasteiger charge is -2.19. The molecule has 3 rings (SSSR count). The molecule has 0 fully saturated rings. The Morgan fingerprint density at radius 1 is 0.931 bits per heavy atom. The summed E-state index contributed by atoms with van der Waals surface area (Å²) in [6, 6.07) is 12.0. The fraction of sp³-hybridized carbons (Fsp3) is 0.333. The second-order valence-corrected chi connectivity index (χ2v) is 10.1. The van der Waals surface area contributed by atoms with Crippen LogP contribution in [0.4, 0.5) is 5.69 Å². The molecule has 0 bridgehead atoms. The molecule has 2 N–H and O–H groups in total. The summed E-state index contributed by atoms with van der Waals surface area (Å²) in [5, 5.41) is 0. The van der Waals surface area contributed by atoms with E-state index in [-0.39, 0.29) is 5.41 Å². The molecule has 2 aromatic carbocycles. The van der Waals surface area contributed by atoms with Crippen LogP contribution in [0.2, 0.25) is 0 Å². The van der Waals surface area contributed by atoms with Gasteiger partial charge in [-0.2, -0.15) is 0 Å². The van der Waals surface area contributed by atoms with Gasteiger partial charge in [-0.3, -0.25) is 24.7 Å². The molecule has 1 aliphatic rings. The van der Waals surface area contributed by atoms with Crippen LogP contribution in [0.1, 0.15) is 52.6 Å². The summed E-state index contributed by atoms with van der Waals surface area (Å²) in [6.45, 7) is 6.64. The van der Waals surface area contributed by atoms with Crippen LogP contribution in [0.3, 0.4) is 0 Å². The van der Waals surface area contributed by atoms with Crippen LogP contribution < -0.4 is 15.2 Å². The summed E-state index contributed by atoms with van der Waals surface area (Å²) in [5.74, 6) is -0.881. The molecule has 2 aromatic rings. The minimum atomic E-state index is -3.34. The summed E-state index contributed by atoms with van der Waals surface area (Å²) in [5.41, 5.74) is 8.08. The van der Waals surface area contributed by atoms with Gasteiger partial charge in [-0.05, 0) is 53.3 Å². The number of amides is 2. The number of carbonyl (C=O) groups is 2. The monoisotopic (exact) mass is 415 g/mol. The van der Waals surface area contributed by atoms with Crippen LogP contribution in [0, 0.1) is 0 Å². The van der Waals surface area contributed by atoms with E-state index in [0.29, 0.717) is 29.8 Å². The summed E-state index contributed by atoms with van der Waals surface area (Å²) in [6.07, 6.45) is 1.70. The number of rotatable bonds is 3. The van der Waals surface area contributed by atoms with E-state index in [9.17, 15) is 18.0 Å². The van der Waals surface area contributed by atoms with Crippen molar-refractivity contribution in [2.75, 3.05) is 17.1 Å². The molecule has 29 heavy (non-hydrogen) atoms. The second kappa shape index (κ2) is 7.51. The molecule has 0 aromatic heterocycles. The van der Waals surface area contributed by atoms with E-state index in [0.717, 1.165) is 17.4 Å². The SMILES string of the molecule is CC(C)(C)c1ccc(C(=O)NNC(=O)c2ccc3c(c2)CCN3S(C)(=O)=O)cc1.